The summed E-state index contributed by atoms with van der Waals surface area (Å²) >= 11 is 0. The number of nitrogens with zero attached hydrogens (tertiary/aromatic N) is 6. The number of carbonyl (C=O) groups excluding carboxylic acids is 4. The molecule has 8 amide bonds. The molecule has 10 heteroatoms. The van der Waals surface area contributed by atoms with Crippen LogP contribution in [0.5, 0.6) is 0 Å². The van der Waals surface area contributed by atoms with Gasteiger partial charge in [0.2, 0.25) is 0 Å². The molecule has 0 radical (unpaired) electrons. The zero-order chi connectivity index (χ0) is 28.8. The number of rotatable bonds is 8. The summed E-state index contributed by atoms with van der Waals surface area (Å²) in [6.45, 7) is 16.2. The van der Waals surface area contributed by atoms with Gasteiger partial charge in [-0.25, -0.2) is 29.0 Å². The number of amides is 8. The van der Waals surface area contributed by atoms with Crippen molar-refractivity contribution >= 4 is 35.5 Å². The summed E-state index contributed by atoms with van der Waals surface area (Å²) in [5.41, 5.74) is 6.63. The average Bonchev–Trinajstić information content (AvgIpc) is 3.37. The zero-order valence-corrected chi connectivity index (χ0v) is 23.6. The molecule has 0 unspecified atom stereocenters. The van der Waals surface area contributed by atoms with Crippen molar-refractivity contribution in [3.63, 3.8) is 0 Å². The summed E-state index contributed by atoms with van der Waals surface area (Å²) < 4.78 is 0. The summed E-state index contributed by atoms with van der Waals surface area (Å²) in [5, 5.41) is 13.9. The fourth-order valence-corrected chi connectivity index (χ4v) is 5.10. The van der Waals surface area contributed by atoms with E-state index in [1.165, 1.54) is 0 Å². The van der Waals surface area contributed by atoms with E-state index in [-0.39, 0.29) is 23.7 Å². The number of azo groups is 2. The molecule has 2 heterocycles. The third-order valence-corrected chi connectivity index (χ3v) is 7.01. The largest absolute Gasteiger partial charge is 0.375 e. The van der Waals surface area contributed by atoms with E-state index in [2.05, 4.69) is 20.5 Å². The van der Waals surface area contributed by atoms with Gasteiger partial charge in [-0.2, -0.15) is 0 Å². The Hall–Kier alpha value is -4.08. The van der Waals surface area contributed by atoms with Crippen LogP contribution >= 0.6 is 0 Å². The molecular formula is C29H34N6O4. The fourth-order valence-electron chi connectivity index (χ4n) is 5.10. The van der Waals surface area contributed by atoms with Gasteiger partial charge in [-0.05, 0) is 63.5 Å². The number of benzene rings is 2. The van der Waals surface area contributed by atoms with Crippen molar-refractivity contribution in [1.29, 1.82) is 0 Å². The summed E-state index contributed by atoms with van der Waals surface area (Å²) in [7, 11) is 0. The Morgan fingerprint density at radius 3 is 0.923 bits per heavy atom. The maximum atomic E-state index is 12.5. The first-order valence-corrected chi connectivity index (χ1v) is 13.2. The topological polar surface area (TPSA) is 124 Å². The number of urea groups is 4. The monoisotopic (exact) mass is 530 g/mol. The molecule has 39 heavy (non-hydrogen) atoms. The molecule has 204 valence electrons. The molecule has 0 spiro atoms. The SMILES string of the molecule is CC(C)c1cc(Cc2cc(C(C)C)c(N3C(=O)N=NC3=O)c(C(C)C)c2)cc(C(C)C)c1N1C(=O)N=NC1=O. The zero-order valence-electron chi connectivity index (χ0n) is 23.6. The van der Waals surface area contributed by atoms with Crippen LogP contribution in [-0.4, -0.2) is 24.1 Å². The summed E-state index contributed by atoms with van der Waals surface area (Å²) in [4.78, 5) is 52.1. The second kappa shape index (κ2) is 10.6. The predicted octanol–water partition coefficient (Wildman–Crippen LogP) is 8.80. The van der Waals surface area contributed by atoms with Crippen molar-refractivity contribution in [1.82, 2.24) is 0 Å². The van der Waals surface area contributed by atoms with E-state index < -0.39 is 24.1 Å². The van der Waals surface area contributed by atoms with Gasteiger partial charge >= 0.3 is 24.1 Å². The second-order valence-corrected chi connectivity index (χ2v) is 11.2. The van der Waals surface area contributed by atoms with Crippen molar-refractivity contribution < 1.29 is 19.2 Å². The van der Waals surface area contributed by atoms with Crippen molar-refractivity contribution in [2.45, 2.75) is 85.5 Å². The first-order valence-electron chi connectivity index (χ1n) is 13.2. The molecule has 0 atom stereocenters. The Bertz CT molecular complexity index is 1240. The molecule has 0 fully saturated rings. The molecule has 0 aliphatic carbocycles. The number of anilines is 2. The molecular weight excluding hydrogens is 496 g/mol. The van der Waals surface area contributed by atoms with Gasteiger partial charge < -0.3 is 0 Å². The quantitative estimate of drug-likeness (QED) is 0.338. The molecule has 0 saturated carbocycles. The van der Waals surface area contributed by atoms with Gasteiger partial charge in [-0.3, -0.25) is 0 Å². The minimum atomic E-state index is -0.681. The first-order chi connectivity index (χ1) is 18.3. The van der Waals surface area contributed by atoms with E-state index in [9.17, 15) is 19.2 Å². The summed E-state index contributed by atoms with van der Waals surface area (Å²) in [6.07, 6.45) is 0.576. The first kappa shape index (κ1) is 27.9. The normalized spacial score (nSPS) is 15.6. The van der Waals surface area contributed by atoms with E-state index in [0.29, 0.717) is 17.8 Å². The van der Waals surface area contributed by atoms with Crippen LogP contribution in [0.25, 0.3) is 0 Å². The van der Waals surface area contributed by atoms with Gasteiger partial charge in [-0.1, -0.05) is 100 Å². The molecule has 2 aliphatic heterocycles. The number of hydrogen-bond donors (Lipinski definition) is 0. The van der Waals surface area contributed by atoms with E-state index in [1.54, 1.807) is 0 Å². The van der Waals surface area contributed by atoms with Gasteiger partial charge in [0.15, 0.2) is 0 Å². The molecule has 0 bridgehead atoms. The van der Waals surface area contributed by atoms with Crippen LogP contribution in [0.4, 0.5) is 30.6 Å². The maximum Gasteiger partial charge on any atom is 0.375 e. The van der Waals surface area contributed by atoms with Gasteiger partial charge in [0.05, 0.1) is 11.4 Å². The highest BCUT2D eigenvalue weighted by Crippen LogP contribution is 2.41. The molecule has 2 aromatic carbocycles. The third-order valence-electron chi connectivity index (χ3n) is 7.01. The van der Waals surface area contributed by atoms with Crippen molar-refractivity contribution in [2.75, 3.05) is 9.80 Å². The van der Waals surface area contributed by atoms with Crippen molar-refractivity contribution in [3.05, 3.63) is 57.6 Å². The standard InChI is InChI=1S/C29H34N6O4/c1-14(2)20-10-18(11-21(15(3)4)24(20)34-26(36)30-31-27(34)37)9-19-12-22(16(5)6)25(23(13-19)17(7)8)35-28(38)32-33-29(35)39/h10-17H,9H2,1-8H3. The molecule has 0 N–H and O–H groups in total. The van der Waals surface area contributed by atoms with E-state index in [4.69, 9.17) is 0 Å². The molecule has 2 aromatic rings. The molecule has 2 aliphatic rings. The molecule has 0 aromatic heterocycles. The maximum absolute atomic E-state index is 12.5. The molecule has 4 rings (SSSR count). The van der Waals surface area contributed by atoms with E-state index >= 15 is 0 Å². The molecule has 10 nitrogen and oxygen atoms in total. The summed E-state index contributed by atoms with van der Waals surface area (Å²) in [6, 6.07) is 5.42. The lowest BCUT2D eigenvalue weighted by atomic mass is 9.85. The lowest BCUT2D eigenvalue weighted by Gasteiger charge is -2.26. The Labute approximate surface area is 228 Å². The number of carbonyl (C=O) groups is 4. The Morgan fingerprint density at radius 1 is 0.487 bits per heavy atom. The van der Waals surface area contributed by atoms with Gasteiger partial charge in [0.1, 0.15) is 0 Å². The minimum Gasteiger partial charge on any atom is -0.243 e. The van der Waals surface area contributed by atoms with Crippen LogP contribution in [0.2, 0.25) is 0 Å². The van der Waals surface area contributed by atoms with Crippen molar-refractivity contribution in [2.24, 2.45) is 20.5 Å². The van der Waals surface area contributed by atoms with Crippen LogP contribution in [0.1, 0.15) is 112 Å². The lowest BCUT2D eigenvalue weighted by molar-refractivity contribution is 0.247. The fraction of sp³-hybridized carbons (Fsp3) is 0.448. The second-order valence-electron chi connectivity index (χ2n) is 11.2. The smallest absolute Gasteiger partial charge is 0.243 e. The number of hydrogen-bond acceptors (Lipinski definition) is 4. The van der Waals surface area contributed by atoms with Gasteiger partial charge in [0.25, 0.3) is 0 Å². The van der Waals surface area contributed by atoms with Crippen LogP contribution < -0.4 is 9.80 Å². The van der Waals surface area contributed by atoms with Crippen LogP contribution in [0.3, 0.4) is 0 Å². The Balaban J connectivity index is 1.86. The van der Waals surface area contributed by atoms with Crippen LogP contribution in [-0.2, 0) is 6.42 Å². The highest BCUT2D eigenvalue weighted by molar-refractivity contribution is 6.19. The molecule has 0 saturated heterocycles. The van der Waals surface area contributed by atoms with E-state index in [0.717, 1.165) is 43.2 Å². The Kier molecular flexibility index (Phi) is 7.59. The van der Waals surface area contributed by atoms with Crippen LogP contribution in [0.15, 0.2) is 44.7 Å². The average molecular weight is 531 g/mol. The highest BCUT2D eigenvalue weighted by atomic mass is 16.2. The third kappa shape index (κ3) is 5.15. The van der Waals surface area contributed by atoms with Crippen molar-refractivity contribution in [3.8, 4) is 0 Å². The Morgan fingerprint density at radius 2 is 0.718 bits per heavy atom. The summed E-state index contributed by atoms with van der Waals surface area (Å²) in [5.74, 6) is 0.104. The predicted molar refractivity (Wildman–Crippen MR) is 148 cm³/mol. The van der Waals surface area contributed by atoms with Crippen LogP contribution in [0, 0.1) is 0 Å². The van der Waals surface area contributed by atoms with Gasteiger partial charge in [-0.15, -0.1) is 0 Å². The van der Waals surface area contributed by atoms with E-state index in [1.807, 2.05) is 79.7 Å². The number of imide groups is 2. The highest BCUT2D eigenvalue weighted by Gasteiger charge is 2.36. The van der Waals surface area contributed by atoms with Gasteiger partial charge in [0, 0.05) is 0 Å². The lowest BCUT2D eigenvalue weighted by Crippen LogP contribution is -2.30. The minimum absolute atomic E-state index is 0.0261.